The Morgan fingerprint density at radius 1 is 1.14 bits per heavy atom. The standard InChI is InChI=1S/C14H12N2O5/c17-11(15-7-8-5-6-8)14(20)21-16-12(18)9-3-1-2-4-10(9)13(16)19/h1-4,8H,5-7H2,(H,15,17). The minimum Gasteiger partial charge on any atom is -0.346 e. The lowest BCUT2D eigenvalue weighted by Crippen LogP contribution is -2.40. The number of hydroxylamine groups is 2. The Morgan fingerprint density at radius 3 is 2.24 bits per heavy atom. The summed E-state index contributed by atoms with van der Waals surface area (Å²) in [4.78, 5) is 51.6. The highest BCUT2D eigenvalue weighted by molar-refractivity contribution is 6.33. The summed E-state index contributed by atoms with van der Waals surface area (Å²) in [5.74, 6) is -3.33. The highest BCUT2D eigenvalue weighted by Gasteiger charge is 2.39. The average Bonchev–Trinajstić information content (AvgIpc) is 3.29. The fourth-order valence-corrected chi connectivity index (χ4v) is 2.01. The maximum atomic E-state index is 11.9. The van der Waals surface area contributed by atoms with E-state index in [1.54, 1.807) is 12.1 Å². The monoisotopic (exact) mass is 288 g/mol. The Kier molecular flexibility index (Phi) is 3.17. The average molecular weight is 288 g/mol. The van der Waals surface area contributed by atoms with E-state index in [-0.39, 0.29) is 11.1 Å². The van der Waals surface area contributed by atoms with E-state index in [1.807, 2.05) is 0 Å². The van der Waals surface area contributed by atoms with Crippen LogP contribution in [0.3, 0.4) is 0 Å². The summed E-state index contributed by atoms with van der Waals surface area (Å²) in [6, 6.07) is 6.10. The first-order valence-electron chi connectivity index (χ1n) is 6.56. The molecule has 7 nitrogen and oxygen atoms in total. The summed E-state index contributed by atoms with van der Waals surface area (Å²) >= 11 is 0. The molecule has 0 spiro atoms. The third-order valence-corrected chi connectivity index (χ3v) is 3.36. The van der Waals surface area contributed by atoms with E-state index < -0.39 is 23.7 Å². The molecule has 1 aliphatic carbocycles. The fourth-order valence-electron chi connectivity index (χ4n) is 2.01. The molecule has 1 N–H and O–H groups in total. The van der Waals surface area contributed by atoms with Crippen molar-refractivity contribution in [3.05, 3.63) is 35.4 Å². The molecule has 1 aromatic rings. The second-order valence-electron chi connectivity index (χ2n) is 4.98. The molecule has 1 heterocycles. The zero-order valence-corrected chi connectivity index (χ0v) is 11.0. The third-order valence-electron chi connectivity index (χ3n) is 3.36. The number of hydrogen-bond donors (Lipinski definition) is 1. The molecule has 1 aliphatic heterocycles. The Balaban J connectivity index is 1.65. The highest BCUT2D eigenvalue weighted by atomic mass is 16.7. The van der Waals surface area contributed by atoms with Crippen molar-refractivity contribution in [2.24, 2.45) is 5.92 Å². The Morgan fingerprint density at radius 2 is 1.71 bits per heavy atom. The number of fused-ring (bicyclic) bond motifs is 1. The number of amides is 3. The van der Waals surface area contributed by atoms with Gasteiger partial charge in [-0.1, -0.05) is 17.2 Å². The maximum Gasteiger partial charge on any atom is 0.421 e. The van der Waals surface area contributed by atoms with Gasteiger partial charge < -0.3 is 10.2 Å². The molecule has 0 bridgehead atoms. The van der Waals surface area contributed by atoms with Crippen molar-refractivity contribution in [3.8, 4) is 0 Å². The smallest absolute Gasteiger partial charge is 0.346 e. The van der Waals surface area contributed by atoms with Crippen LogP contribution >= 0.6 is 0 Å². The van der Waals surface area contributed by atoms with Crippen LogP contribution in [-0.2, 0) is 14.4 Å². The SMILES string of the molecule is O=C(NCC1CC1)C(=O)ON1C(=O)c2ccccc2C1=O. The number of hydrogen-bond acceptors (Lipinski definition) is 5. The van der Waals surface area contributed by atoms with Crippen LogP contribution < -0.4 is 5.32 Å². The number of nitrogens with one attached hydrogen (secondary N) is 1. The predicted octanol–water partition coefficient (Wildman–Crippen LogP) is 0.267. The summed E-state index contributed by atoms with van der Waals surface area (Å²) in [5, 5.41) is 2.73. The number of nitrogens with zero attached hydrogens (tertiary/aromatic N) is 1. The molecule has 0 aromatic heterocycles. The fraction of sp³-hybridized carbons (Fsp3) is 0.286. The molecule has 2 aliphatic rings. The molecular formula is C14H12N2O5. The highest BCUT2D eigenvalue weighted by Crippen LogP contribution is 2.27. The van der Waals surface area contributed by atoms with Crippen LogP contribution in [0.15, 0.2) is 24.3 Å². The molecule has 0 unspecified atom stereocenters. The van der Waals surface area contributed by atoms with Crippen LogP contribution in [0, 0.1) is 5.92 Å². The van der Waals surface area contributed by atoms with E-state index in [9.17, 15) is 19.2 Å². The minimum absolute atomic E-state index is 0.147. The van der Waals surface area contributed by atoms with Gasteiger partial charge in [0.2, 0.25) is 0 Å². The molecule has 0 saturated heterocycles. The molecule has 108 valence electrons. The molecule has 0 atom stereocenters. The summed E-state index contributed by atoms with van der Waals surface area (Å²) in [5.41, 5.74) is 0.294. The number of carbonyl (C=O) groups is 4. The van der Waals surface area contributed by atoms with Gasteiger partial charge in [-0.05, 0) is 30.9 Å². The first kappa shape index (κ1) is 13.3. The molecule has 0 radical (unpaired) electrons. The van der Waals surface area contributed by atoms with E-state index >= 15 is 0 Å². The van der Waals surface area contributed by atoms with Gasteiger partial charge in [0.1, 0.15) is 0 Å². The van der Waals surface area contributed by atoms with Crippen molar-refractivity contribution in [2.45, 2.75) is 12.8 Å². The molecule has 21 heavy (non-hydrogen) atoms. The zero-order valence-electron chi connectivity index (χ0n) is 11.0. The molecule has 3 rings (SSSR count). The van der Waals surface area contributed by atoms with Gasteiger partial charge in [0.25, 0.3) is 11.8 Å². The zero-order chi connectivity index (χ0) is 15.0. The van der Waals surface area contributed by atoms with Crippen molar-refractivity contribution >= 4 is 23.7 Å². The van der Waals surface area contributed by atoms with Crippen LogP contribution in [0.2, 0.25) is 0 Å². The number of benzene rings is 1. The predicted molar refractivity (Wildman–Crippen MR) is 68.8 cm³/mol. The summed E-state index contributed by atoms with van der Waals surface area (Å²) in [6.45, 7) is 0.399. The van der Waals surface area contributed by atoms with Crippen molar-refractivity contribution in [1.29, 1.82) is 0 Å². The van der Waals surface area contributed by atoms with Gasteiger partial charge in [0.05, 0.1) is 11.1 Å². The molecule has 1 aromatic carbocycles. The molecule has 7 heteroatoms. The van der Waals surface area contributed by atoms with Gasteiger partial charge >= 0.3 is 11.9 Å². The lowest BCUT2D eigenvalue weighted by Gasteiger charge is -2.12. The van der Waals surface area contributed by atoms with Crippen molar-refractivity contribution in [3.63, 3.8) is 0 Å². The van der Waals surface area contributed by atoms with Crippen molar-refractivity contribution in [2.75, 3.05) is 6.54 Å². The van der Waals surface area contributed by atoms with Crippen LogP contribution in [0.25, 0.3) is 0 Å². The van der Waals surface area contributed by atoms with Gasteiger partial charge in [0, 0.05) is 6.54 Å². The van der Waals surface area contributed by atoms with Crippen molar-refractivity contribution in [1.82, 2.24) is 10.4 Å². The quantitative estimate of drug-likeness (QED) is 0.636. The molecule has 3 amide bonds. The second kappa shape index (κ2) is 5.01. The Labute approximate surface area is 119 Å². The second-order valence-corrected chi connectivity index (χ2v) is 4.98. The van der Waals surface area contributed by atoms with E-state index in [4.69, 9.17) is 0 Å². The summed E-state index contributed by atoms with van der Waals surface area (Å²) in [7, 11) is 0. The first-order valence-corrected chi connectivity index (χ1v) is 6.56. The van der Waals surface area contributed by atoms with Gasteiger partial charge in [0.15, 0.2) is 0 Å². The number of imide groups is 1. The topological polar surface area (TPSA) is 92.8 Å². The maximum absolute atomic E-state index is 11.9. The van der Waals surface area contributed by atoms with Gasteiger partial charge in [-0.15, -0.1) is 0 Å². The van der Waals surface area contributed by atoms with E-state index in [0.29, 0.717) is 17.5 Å². The lowest BCUT2D eigenvalue weighted by molar-refractivity contribution is -0.173. The van der Waals surface area contributed by atoms with Gasteiger partial charge in [-0.25, -0.2) is 4.79 Å². The number of carbonyl (C=O) groups excluding carboxylic acids is 4. The van der Waals surface area contributed by atoms with Crippen LogP contribution in [-0.4, -0.2) is 35.3 Å². The molecule has 1 saturated carbocycles. The normalized spacial score (nSPS) is 16.7. The third kappa shape index (κ3) is 2.49. The van der Waals surface area contributed by atoms with Gasteiger partial charge in [-0.2, -0.15) is 0 Å². The largest absolute Gasteiger partial charge is 0.421 e. The lowest BCUT2D eigenvalue weighted by atomic mass is 10.1. The Bertz CT molecular complexity index is 616. The van der Waals surface area contributed by atoms with E-state index in [2.05, 4.69) is 10.2 Å². The van der Waals surface area contributed by atoms with E-state index in [1.165, 1.54) is 12.1 Å². The first-order chi connectivity index (χ1) is 10.1. The van der Waals surface area contributed by atoms with Crippen LogP contribution in [0.4, 0.5) is 0 Å². The number of rotatable bonds is 3. The van der Waals surface area contributed by atoms with E-state index in [0.717, 1.165) is 12.8 Å². The Hall–Kier alpha value is -2.70. The van der Waals surface area contributed by atoms with Gasteiger partial charge in [-0.3, -0.25) is 14.4 Å². The summed E-state index contributed by atoms with van der Waals surface area (Å²) in [6.07, 6.45) is 2.04. The van der Waals surface area contributed by atoms with Crippen LogP contribution in [0.5, 0.6) is 0 Å². The van der Waals surface area contributed by atoms with Crippen molar-refractivity contribution < 1.29 is 24.0 Å². The molecule has 1 fully saturated rings. The van der Waals surface area contributed by atoms with Crippen LogP contribution in [0.1, 0.15) is 33.6 Å². The summed E-state index contributed by atoms with van der Waals surface area (Å²) < 4.78 is 0. The minimum atomic E-state index is -1.27. The molecular weight excluding hydrogens is 276 g/mol.